The monoisotopic (exact) mass is 364 g/mol. The molecule has 2 aromatic carbocycles. The van der Waals surface area contributed by atoms with Crippen LogP contribution in [-0.4, -0.2) is 30.2 Å². The van der Waals surface area contributed by atoms with E-state index in [2.05, 4.69) is 10.6 Å². The first-order chi connectivity index (χ1) is 11.6. The Morgan fingerprint density at radius 2 is 1.72 bits per heavy atom. The maximum Gasteiger partial charge on any atom is 0.239 e. The summed E-state index contributed by atoms with van der Waals surface area (Å²) in [4.78, 5) is 11.7. The lowest BCUT2D eigenvalue weighted by Gasteiger charge is -2.20. The standard InChI is InChI=1S/C19H24N2O3.ClH/c1-14(22)18(19(23)20-2)21-12-15-8-10-17(11-9-15)24-13-16-6-4-3-5-7-16;/h3-11,14,18,21-22H,12-13H2,1-2H3,(H,20,23);1H/t14-,18+;/m1./s1. The van der Waals surface area contributed by atoms with Gasteiger partial charge in [0.1, 0.15) is 18.4 Å². The lowest BCUT2D eigenvalue weighted by atomic mass is 10.1. The predicted molar refractivity (Wildman–Crippen MR) is 101 cm³/mol. The highest BCUT2D eigenvalue weighted by Gasteiger charge is 2.21. The second-order valence-electron chi connectivity index (χ2n) is 5.63. The Hall–Kier alpha value is -2.08. The number of carbonyl (C=O) groups is 1. The van der Waals surface area contributed by atoms with Crippen molar-refractivity contribution in [2.45, 2.75) is 32.2 Å². The molecule has 3 N–H and O–H groups in total. The molecule has 0 aliphatic carbocycles. The number of hydrogen-bond donors (Lipinski definition) is 3. The minimum Gasteiger partial charge on any atom is -0.489 e. The van der Waals surface area contributed by atoms with Crippen LogP contribution in [0.1, 0.15) is 18.1 Å². The first-order valence-corrected chi connectivity index (χ1v) is 7.99. The molecule has 2 rings (SSSR count). The Kier molecular flexibility index (Phi) is 8.99. The molecule has 0 radical (unpaired) electrons. The molecule has 0 bridgehead atoms. The SMILES string of the molecule is CNC(=O)[C@@H](NCc1ccc(OCc2ccccc2)cc1)[C@@H](C)O.Cl. The smallest absolute Gasteiger partial charge is 0.239 e. The first kappa shape index (κ1) is 21.0. The van der Waals surface area contributed by atoms with Crippen LogP contribution in [0.2, 0.25) is 0 Å². The summed E-state index contributed by atoms with van der Waals surface area (Å²) in [6, 6.07) is 17.0. The maximum atomic E-state index is 11.7. The number of aliphatic hydroxyl groups excluding tert-OH is 1. The number of aliphatic hydroxyl groups is 1. The average Bonchev–Trinajstić information content (AvgIpc) is 2.61. The molecule has 0 spiro atoms. The number of hydrogen-bond acceptors (Lipinski definition) is 4. The fraction of sp³-hybridized carbons (Fsp3) is 0.316. The van der Waals surface area contributed by atoms with E-state index in [0.29, 0.717) is 13.2 Å². The van der Waals surface area contributed by atoms with Gasteiger partial charge in [-0.3, -0.25) is 10.1 Å². The number of benzene rings is 2. The Morgan fingerprint density at radius 1 is 1.08 bits per heavy atom. The van der Waals surface area contributed by atoms with Crippen LogP contribution in [0.4, 0.5) is 0 Å². The number of nitrogens with one attached hydrogen (secondary N) is 2. The van der Waals surface area contributed by atoms with E-state index in [-0.39, 0.29) is 18.3 Å². The summed E-state index contributed by atoms with van der Waals surface area (Å²) in [7, 11) is 1.55. The molecule has 0 fully saturated rings. The molecule has 0 unspecified atom stereocenters. The normalized spacial score (nSPS) is 12.6. The molecule has 25 heavy (non-hydrogen) atoms. The van der Waals surface area contributed by atoms with Crippen LogP contribution in [0.5, 0.6) is 5.75 Å². The molecule has 0 aliphatic heterocycles. The number of halogens is 1. The van der Waals surface area contributed by atoms with Gasteiger partial charge in [-0.1, -0.05) is 42.5 Å². The number of rotatable bonds is 8. The van der Waals surface area contributed by atoms with Gasteiger partial charge in [0, 0.05) is 13.6 Å². The summed E-state index contributed by atoms with van der Waals surface area (Å²) < 4.78 is 5.74. The summed E-state index contributed by atoms with van der Waals surface area (Å²) in [6.07, 6.45) is -0.765. The highest BCUT2D eigenvalue weighted by atomic mass is 35.5. The third-order valence-electron chi connectivity index (χ3n) is 3.71. The first-order valence-electron chi connectivity index (χ1n) is 7.99. The summed E-state index contributed by atoms with van der Waals surface area (Å²) >= 11 is 0. The summed E-state index contributed by atoms with van der Waals surface area (Å²) in [6.45, 7) is 2.61. The van der Waals surface area contributed by atoms with Gasteiger partial charge >= 0.3 is 0 Å². The van der Waals surface area contributed by atoms with Gasteiger partial charge in [0.2, 0.25) is 5.91 Å². The molecule has 0 aromatic heterocycles. The van der Waals surface area contributed by atoms with Crippen LogP contribution in [0.25, 0.3) is 0 Å². The molecular formula is C19H25ClN2O3. The number of likely N-dealkylation sites (N-methyl/N-ethyl adjacent to an activating group) is 1. The van der Waals surface area contributed by atoms with Crippen molar-refractivity contribution in [3.8, 4) is 5.75 Å². The lowest BCUT2D eigenvalue weighted by molar-refractivity contribution is -0.125. The van der Waals surface area contributed by atoms with Crippen molar-refractivity contribution in [3.05, 3.63) is 65.7 Å². The van der Waals surface area contributed by atoms with Crippen LogP contribution in [0, 0.1) is 0 Å². The minimum atomic E-state index is -0.765. The van der Waals surface area contributed by atoms with Crippen LogP contribution in [0.15, 0.2) is 54.6 Å². The second kappa shape index (κ2) is 10.7. The largest absolute Gasteiger partial charge is 0.489 e. The molecule has 5 nitrogen and oxygen atoms in total. The molecule has 2 atom stereocenters. The summed E-state index contributed by atoms with van der Waals surface area (Å²) in [5, 5.41) is 15.3. The van der Waals surface area contributed by atoms with Crippen molar-refractivity contribution >= 4 is 18.3 Å². The molecule has 1 amide bonds. The molecular weight excluding hydrogens is 340 g/mol. The van der Waals surface area contributed by atoms with Crippen LogP contribution in [0.3, 0.4) is 0 Å². The molecule has 2 aromatic rings. The summed E-state index contributed by atoms with van der Waals surface area (Å²) in [5.41, 5.74) is 2.13. The van der Waals surface area contributed by atoms with Gasteiger partial charge < -0.3 is 15.2 Å². The van der Waals surface area contributed by atoms with Crippen molar-refractivity contribution in [3.63, 3.8) is 0 Å². The third kappa shape index (κ3) is 6.74. The number of ether oxygens (including phenoxy) is 1. The average molecular weight is 365 g/mol. The van der Waals surface area contributed by atoms with Crippen LogP contribution >= 0.6 is 12.4 Å². The van der Waals surface area contributed by atoms with Crippen LogP contribution in [-0.2, 0) is 17.9 Å². The van der Waals surface area contributed by atoms with Gasteiger partial charge in [0.15, 0.2) is 0 Å². The maximum absolute atomic E-state index is 11.7. The van der Waals surface area contributed by atoms with Gasteiger partial charge in [-0.15, -0.1) is 12.4 Å². The van der Waals surface area contributed by atoms with Crippen molar-refractivity contribution in [2.24, 2.45) is 0 Å². The van der Waals surface area contributed by atoms with Crippen molar-refractivity contribution in [1.82, 2.24) is 10.6 Å². The zero-order valence-corrected chi connectivity index (χ0v) is 15.3. The Labute approximate surface area is 154 Å². The Bertz CT molecular complexity index is 633. The van der Waals surface area contributed by atoms with Crippen LogP contribution < -0.4 is 15.4 Å². The molecule has 0 heterocycles. The lowest BCUT2D eigenvalue weighted by Crippen LogP contribution is -2.49. The zero-order valence-electron chi connectivity index (χ0n) is 14.4. The molecule has 136 valence electrons. The Balaban J connectivity index is 0.00000312. The molecule has 0 aliphatic rings. The van der Waals surface area contributed by atoms with E-state index < -0.39 is 12.1 Å². The van der Waals surface area contributed by atoms with E-state index in [9.17, 15) is 9.90 Å². The fourth-order valence-electron chi connectivity index (χ4n) is 2.31. The highest BCUT2D eigenvalue weighted by molar-refractivity contribution is 5.85. The van der Waals surface area contributed by atoms with E-state index in [0.717, 1.165) is 16.9 Å². The zero-order chi connectivity index (χ0) is 17.4. The van der Waals surface area contributed by atoms with Gasteiger partial charge in [-0.05, 0) is 30.2 Å². The van der Waals surface area contributed by atoms with E-state index in [1.807, 2.05) is 54.6 Å². The van der Waals surface area contributed by atoms with Gasteiger partial charge in [0.05, 0.1) is 6.10 Å². The van der Waals surface area contributed by atoms with E-state index in [1.165, 1.54) is 0 Å². The van der Waals surface area contributed by atoms with Crippen molar-refractivity contribution in [1.29, 1.82) is 0 Å². The number of amides is 1. The topological polar surface area (TPSA) is 70.6 Å². The van der Waals surface area contributed by atoms with E-state index >= 15 is 0 Å². The number of carbonyl (C=O) groups excluding carboxylic acids is 1. The highest BCUT2D eigenvalue weighted by Crippen LogP contribution is 2.14. The Morgan fingerprint density at radius 3 is 2.28 bits per heavy atom. The third-order valence-corrected chi connectivity index (χ3v) is 3.71. The molecule has 0 saturated heterocycles. The quantitative estimate of drug-likeness (QED) is 0.672. The van der Waals surface area contributed by atoms with Crippen molar-refractivity contribution in [2.75, 3.05) is 7.05 Å². The second-order valence-corrected chi connectivity index (χ2v) is 5.63. The minimum absolute atomic E-state index is 0. The summed E-state index contributed by atoms with van der Waals surface area (Å²) in [5.74, 6) is 0.564. The van der Waals surface area contributed by atoms with Gasteiger partial charge in [0.25, 0.3) is 0 Å². The fourth-order valence-corrected chi connectivity index (χ4v) is 2.31. The van der Waals surface area contributed by atoms with E-state index in [1.54, 1.807) is 14.0 Å². The molecule has 0 saturated carbocycles. The van der Waals surface area contributed by atoms with E-state index in [4.69, 9.17) is 4.74 Å². The van der Waals surface area contributed by atoms with Crippen molar-refractivity contribution < 1.29 is 14.6 Å². The van der Waals surface area contributed by atoms with Gasteiger partial charge in [-0.2, -0.15) is 0 Å². The molecule has 6 heteroatoms. The predicted octanol–water partition coefficient (Wildman–Crippen LogP) is 2.27. The van der Waals surface area contributed by atoms with Gasteiger partial charge in [-0.25, -0.2) is 0 Å².